The molecule has 0 unspecified atom stereocenters. The van der Waals surface area contributed by atoms with Crippen molar-refractivity contribution in [3.05, 3.63) is 119 Å². The summed E-state index contributed by atoms with van der Waals surface area (Å²) in [4.78, 5) is 28.7. The number of carbonyl (C=O) groups is 2. The Balaban J connectivity index is 1.31. The molecule has 1 aromatic heterocycles. The number of halogens is 2. The lowest BCUT2D eigenvalue weighted by Crippen LogP contribution is -2.23. The molecule has 0 radical (unpaired) electrons. The lowest BCUT2D eigenvalue weighted by molar-refractivity contribution is 0.0945. The van der Waals surface area contributed by atoms with Crippen molar-refractivity contribution in [2.45, 2.75) is 13.1 Å². The van der Waals surface area contributed by atoms with Crippen LogP contribution in [0.2, 0.25) is 0 Å². The molecule has 0 fully saturated rings. The minimum absolute atomic E-state index is 0.239. The molecule has 4 rings (SSSR count). The number of anilines is 1. The van der Waals surface area contributed by atoms with Crippen LogP contribution < -0.4 is 10.6 Å². The Morgan fingerprint density at radius 3 is 2.30 bits per heavy atom. The van der Waals surface area contributed by atoms with Crippen LogP contribution in [0.3, 0.4) is 0 Å². The van der Waals surface area contributed by atoms with Gasteiger partial charge in [-0.25, -0.2) is 13.8 Å². The van der Waals surface area contributed by atoms with Crippen LogP contribution in [0.4, 0.5) is 14.5 Å². The van der Waals surface area contributed by atoms with Gasteiger partial charge in [-0.2, -0.15) is 0 Å². The highest BCUT2D eigenvalue weighted by molar-refractivity contribution is 6.04. The Morgan fingerprint density at radius 1 is 0.848 bits per heavy atom. The smallest absolute Gasteiger partial charge is 0.271 e. The largest absolute Gasteiger partial charge is 0.347 e. The first-order valence-corrected chi connectivity index (χ1v) is 10.2. The number of hydrogen-bond donors (Lipinski definition) is 2. The van der Waals surface area contributed by atoms with Crippen molar-refractivity contribution in [3.8, 4) is 0 Å². The molecule has 2 amide bonds. The van der Waals surface area contributed by atoms with E-state index in [0.29, 0.717) is 12.2 Å². The van der Waals surface area contributed by atoms with Crippen molar-refractivity contribution in [3.63, 3.8) is 0 Å². The van der Waals surface area contributed by atoms with E-state index in [2.05, 4.69) is 15.6 Å². The maximum Gasteiger partial charge on any atom is 0.271 e. The molecular weight excluding hydrogens is 426 g/mol. The Bertz CT molecular complexity index is 1270. The molecule has 0 saturated heterocycles. The summed E-state index contributed by atoms with van der Waals surface area (Å²) in [7, 11) is 0. The van der Waals surface area contributed by atoms with Crippen molar-refractivity contribution in [1.82, 2.24) is 14.9 Å². The number of imidazole rings is 1. The topological polar surface area (TPSA) is 76.0 Å². The second-order valence-electron chi connectivity index (χ2n) is 7.40. The van der Waals surface area contributed by atoms with Crippen LogP contribution in [0.15, 0.2) is 85.3 Å². The number of rotatable bonds is 7. The van der Waals surface area contributed by atoms with Crippen LogP contribution in [0, 0.1) is 11.6 Å². The summed E-state index contributed by atoms with van der Waals surface area (Å²) in [6.45, 7) is 0.755. The van der Waals surface area contributed by atoms with Gasteiger partial charge in [-0.3, -0.25) is 9.59 Å². The summed E-state index contributed by atoms with van der Waals surface area (Å²) in [6, 6.07) is 18.6. The number of nitrogens with one attached hydrogen (secondary N) is 2. The molecule has 0 saturated carbocycles. The van der Waals surface area contributed by atoms with Gasteiger partial charge in [0, 0.05) is 30.5 Å². The fraction of sp³-hybridized carbons (Fsp3) is 0.0800. The highest BCUT2D eigenvalue weighted by atomic mass is 19.1. The van der Waals surface area contributed by atoms with Gasteiger partial charge in [0.2, 0.25) is 0 Å². The zero-order chi connectivity index (χ0) is 23.2. The summed E-state index contributed by atoms with van der Waals surface area (Å²) >= 11 is 0. The lowest BCUT2D eigenvalue weighted by Gasteiger charge is -2.07. The zero-order valence-electron chi connectivity index (χ0n) is 17.5. The van der Waals surface area contributed by atoms with Crippen molar-refractivity contribution in [1.29, 1.82) is 0 Å². The third-order valence-corrected chi connectivity index (χ3v) is 4.90. The molecule has 0 bridgehead atoms. The molecule has 0 spiro atoms. The van der Waals surface area contributed by atoms with Crippen LogP contribution in [-0.4, -0.2) is 21.4 Å². The van der Waals surface area contributed by atoms with Gasteiger partial charge < -0.3 is 15.2 Å². The van der Waals surface area contributed by atoms with E-state index in [1.165, 1.54) is 30.3 Å². The van der Waals surface area contributed by atoms with E-state index in [0.717, 1.165) is 11.1 Å². The number of amides is 2. The van der Waals surface area contributed by atoms with Gasteiger partial charge in [0.05, 0.1) is 6.33 Å². The van der Waals surface area contributed by atoms with E-state index in [1.807, 2.05) is 12.1 Å². The molecule has 3 aromatic carbocycles. The zero-order valence-corrected chi connectivity index (χ0v) is 17.5. The normalized spacial score (nSPS) is 10.6. The Labute approximate surface area is 188 Å². The van der Waals surface area contributed by atoms with Gasteiger partial charge in [-0.1, -0.05) is 30.3 Å². The molecule has 166 valence electrons. The quantitative estimate of drug-likeness (QED) is 0.442. The minimum atomic E-state index is -0.471. The second-order valence-corrected chi connectivity index (χ2v) is 7.40. The molecule has 4 aromatic rings. The van der Waals surface area contributed by atoms with E-state index in [9.17, 15) is 18.4 Å². The Morgan fingerprint density at radius 2 is 1.58 bits per heavy atom. The average Bonchev–Trinajstić information content (AvgIpc) is 3.28. The van der Waals surface area contributed by atoms with Crippen molar-refractivity contribution < 1.29 is 18.4 Å². The van der Waals surface area contributed by atoms with Crippen LogP contribution >= 0.6 is 0 Å². The van der Waals surface area contributed by atoms with E-state index >= 15 is 0 Å². The molecule has 0 aliphatic heterocycles. The predicted octanol–water partition coefficient (Wildman–Crippen LogP) is 4.39. The standard InChI is InChI=1S/C25H20F2N4O2/c26-20-8-4-17(5-9-20)13-28-25(33)23-15-31(16-29-23)14-18-6-10-22(11-7-18)30-24(32)19-2-1-3-21(27)12-19/h1-12,15-16H,13-14H2,(H,28,33)(H,30,32). The van der Waals surface area contributed by atoms with Gasteiger partial charge in [0.25, 0.3) is 11.8 Å². The molecule has 33 heavy (non-hydrogen) atoms. The summed E-state index contributed by atoms with van der Waals surface area (Å²) in [5.74, 6) is -1.52. The molecule has 0 aliphatic rings. The van der Waals surface area contributed by atoms with Crippen LogP contribution in [0.25, 0.3) is 0 Å². The van der Waals surface area contributed by atoms with E-state index < -0.39 is 11.7 Å². The summed E-state index contributed by atoms with van der Waals surface area (Å²) < 4.78 is 28.0. The van der Waals surface area contributed by atoms with Gasteiger partial charge in [-0.15, -0.1) is 0 Å². The summed E-state index contributed by atoms with van der Waals surface area (Å²) in [6.07, 6.45) is 3.20. The predicted molar refractivity (Wildman–Crippen MR) is 120 cm³/mol. The number of benzene rings is 3. The molecule has 2 N–H and O–H groups in total. The van der Waals surface area contributed by atoms with Crippen molar-refractivity contribution >= 4 is 17.5 Å². The average molecular weight is 446 g/mol. The Hall–Kier alpha value is -4.33. The van der Waals surface area contributed by atoms with Gasteiger partial charge >= 0.3 is 0 Å². The first kappa shape index (κ1) is 21.9. The van der Waals surface area contributed by atoms with Gasteiger partial charge in [0.1, 0.15) is 17.3 Å². The Kier molecular flexibility index (Phi) is 6.54. The third-order valence-electron chi connectivity index (χ3n) is 4.90. The molecule has 0 atom stereocenters. The van der Waals surface area contributed by atoms with E-state index in [-0.39, 0.29) is 29.5 Å². The second kappa shape index (κ2) is 9.86. The summed E-state index contributed by atoms with van der Waals surface area (Å²) in [5, 5.41) is 5.48. The number of hydrogen-bond acceptors (Lipinski definition) is 3. The molecule has 6 nitrogen and oxygen atoms in total. The molecule has 0 aliphatic carbocycles. The number of carbonyl (C=O) groups excluding carboxylic acids is 2. The minimum Gasteiger partial charge on any atom is -0.347 e. The fourth-order valence-electron chi connectivity index (χ4n) is 3.18. The van der Waals surface area contributed by atoms with E-state index in [4.69, 9.17) is 0 Å². The third kappa shape index (κ3) is 5.88. The van der Waals surface area contributed by atoms with E-state index in [1.54, 1.807) is 47.4 Å². The van der Waals surface area contributed by atoms with Gasteiger partial charge in [0.15, 0.2) is 0 Å². The van der Waals surface area contributed by atoms with Crippen molar-refractivity contribution in [2.75, 3.05) is 5.32 Å². The van der Waals surface area contributed by atoms with Crippen molar-refractivity contribution in [2.24, 2.45) is 0 Å². The SMILES string of the molecule is O=C(Nc1ccc(Cn2cnc(C(=O)NCc3ccc(F)cc3)c2)cc1)c1cccc(F)c1. The molecule has 1 heterocycles. The summed E-state index contributed by atoms with van der Waals surface area (Å²) in [5.41, 5.74) is 2.82. The van der Waals surface area contributed by atoms with Gasteiger partial charge in [-0.05, 0) is 53.6 Å². The lowest BCUT2D eigenvalue weighted by atomic mass is 10.1. The first-order valence-electron chi connectivity index (χ1n) is 10.2. The molecular formula is C25H20F2N4O2. The van der Waals surface area contributed by atoms with Crippen LogP contribution in [-0.2, 0) is 13.1 Å². The maximum atomic E-state index is 13.3. The monoisotopic (exact) mass is 446 g/mol. The van der Waals surface area contributed by atoms with Crippen LogP contribution in [0.5, 0.6) is 0 Å². The highest BCUT2D eigenvalue weighted by Gasteiger charge is 2.10. The fourth-order valence-corrected chi connectivity index (χ4v) is 3.18. The number of nitrogens with zero attached hydrogens (tertiary/aromatic N) is 2. The number of aromatic nitrogens is 2. The molecule has 8 heteroatoms. The first-order chi connectivity index (χ1) is 16.0. The highest BCUT2D eigenvalue weighted by Crippen LogP contribution is 2.13. The van der Waals surface area contributed by atoms with Crippen LogP contribution in [0.1, 0.15) is 32.0 Å². The maximum absolute atomic E-state index is 13.3.